The summed E-state index contributed by atoms with van der Waals surface area (Å²) in [6.45, 7) is 38.3. The molecule has 9 aromatic rings. The first-order valence-electron chi connectivity index (χ1n) is 34.6. The second kappa shape index (κ2) is 32.7. The van der Waals surface area contributed by atoms with E-state index >= 15 is 0 Å². The Labute approximate surface area is 573 Å². The molecule has 9 N–H and O–H groups in total. The van der Waals surface area contributed by atoms with Crippen LogP contribution >= 0.6 is 0 Å². The summed E-state index contributed by atoms with van der Waals surface area (Å²) < 4.78 is 0. The van der Waals surface area contributed by atoms with E-state index in [-0.39, 0.29) is 63.6 Å². The standard InChI is InChI=1S/C39H48O4.C29H36O3.C19H24O2/c1-22(2)26-9-11-36(40)30(13-26)19-32-15-28(24(5)6)17-34(38(32)42)21-35-18-29(25(7)8)16-33(39(35)43)20-31-14-27(23(3)4)10-12-37(31)41;1-17(2)20-7-9-27(30)23(11-20)15-25-13-22(19(5)6)14-26(29(25)32)16-24-12-21(18(3)4)8-10-28(24)31;1-12(2)14-5-7-18(20)16(9-14)11-17-10-15(13(3)4)6-8-19(17)21/h9-18,22-25,40-43H,19-21H2,1-8H3;7-14,17-19,30-32H,15-16H2,1-6H3;5-10,12-13,20-21H,11H2,1-4H3. The molecule has 0 atom stereocenters. The second-order valence-electron chi connectivity index (χ2n) is 29.3. The molecule has 0 spiro atoms. The molecule has 9 nitrogen and oxygen atoms in total. The maximum absolute atomic E-state index is 11.6. The Balaban J connectivity index is 0.000000216. The van der Waals surface area contributed by atoms with Crippen LogP contribution < -0.4 is 0 Å². The number of phenols is 9. The minimum absolute atomic E-state index is 0.192. The van der Waals surface area contributed by atoms with Crippen molar-refractivity contribution in [3.05, 3.63) is 262 Å². The van der Waals surface area contributed by atoms with Crippen LogP contribution in [-0.4, -0.2) is 46.0 Å². The molecule has 0 heterocycles. The van der Waals surface area contributed by atoms with Gasteiger partial charge >= 0.3 is 0 Å². The Bertz CT molecular complexity index is 3870. The molecule has 0 aliphatic rings. The summed E-state index contributed by atoms with van der Waals surface area (Å²) in [6.07, 6.45) is 2.60. The van der Waals surface area contributed by atoms with Crippen LogP contribution in [0.15, 0.2) is 146 Å². The number of hydrogen-bond acceptors (Lipinski definition) is 9. The lowest BCUT2D eigenvalue weighted by Crippen LogP contribution is -2.03. The van der Waals surface area contributed by atoms with E-state index in [2.05, 4.69) is 125 Å². The van der Waals surface area contributed by atoms with Crippen LogP contribution in [0.5, 0.6) is 51.7 Å². The Morgan fingerprint density at radius 3 is 0.417 bits per heavy atom. The molecule has 9 heteroatoms. The summed E-state index contributed by atoms with van der Waals surface area (Å²) in [5.74, 6) is 5.07. The van der Waals surface area contributed by atoms with Crippen molar-refractivity contribution < 1.29 is 46.0 Å². The zero-order valence-corrected chi connectivity index (χ0v) is 60.3. The van der Waals surface area contributed by atoms with Crippen molar-refractivity contribution in [2.45, 2.75) is 216 Å². The maximum Gasteiger partial charge on any atom is 0.122 e. The smallest absolute Gasteiger partial charge is 0.122 e. The number of aromatic hydroxyl groups is 9. The summed E-state index contributed by atoms with van der Waals surface area (Å²) in [7, 11) is 0. The van der Waals surface area contributed by atoms with Gasteiger partial charge in [-0.2, -0.15) is 0 Å². The fourth-order valence-corrected chi connectivity index (χ4v) is 12.0. The first-order chi connectivity index (χ1) is 45.2. The van der Waals surface area contributed by atoms with E-state index in [0.717, 1.165) is 106 Å². The normalized spacial score (nSPS) is 11.7. The topological polar surface area (TPSA) is 182 Å². The zero-order valence-electron chi connectivity index (χ0n) is 60.3. The molecule has 0 aromatic heterocycles. The van der Waals surface area contributed by atoms with Gasteiger partial charge in [-0.05, 0) is 206 Å². The summed E-state index contributed by atoms with van der Waals surface area (Å²) in [4.78, 5) is 0. The molecule has 0 radical (unpaired) electrons. The highest BCUT2D eigenvalue weighted by molar-refractivity contribution is 5.57. The fourth-order valence-electron chi connectivity index (χ4n) is 12.0. The van der Waals surface area contributed by atoms with Crippen LogP contribution in [0.1, 0.15) is 295 Å². The third-order valence-electron chi connectivity index (χ3n) is 18.8. The van der Waals surface area contributed by atoms with Crippen LogP contribution in [0.2, 0.25) is 0 Å². The number of rotatable bonds is 21. The molecule has 96 heavy (non-hydrogen) atoms. The zero-order chi connectivity index (χ0) is 70.7. The molecule has 0 saturated carbocycles. The fraction of sp³-hybridized carbons (Fsp3) is 0.379. The van der Waals surface area contributed by atoms with E-state index < -0.39 is 0 Å². The van der Waals surface area contributed by atoms with E-state index in [1.807, 2.05) is 109 Å². The summed E-state index contributed by atoms with van der Waals surface area (Å²) in [6, 6.07) is 46.5. The first kappa shape index (κ1) is 74.6. The van der Waals surface area contributed by atoms with E-state index in [9.17, 15) is 46.0 Å². The molecule has 0 amide bonds. The average molecular weight is 1300 g/mol. The van der Waals surface area contributed by atoms with Gasteiger partial charge in [0.2, 0.25) is 0 Å². The number of phenolic OH excluding ortho intramolecular Hbond substituents is 9. The van der Waals surface area contributed by atoms with Gasteiger partial charge in [-0.3, -0.25) is 0 Å². The third kappa shape index (κ3) is 19.2. The first-order valence-corrected chi connectivity index (χ1v) is 34.6. The van der Waals surface area contributed by atoms with Gasteiger partial charge in [-0.1, -0.05) is 234 Å². The van der Waals surface area contributed by atoms with Crippen LogP contribution in [0.4, 0.5) is 0 Å². The summed E-state index contributed by atoms with van der Waals surface area (Å²) in [5.41, 5.74) is 19.8. The van der Waals surface area contributed by atoms with Crippen molar-refractivity contribution in [3.63, 3.8) is 0 Å². The van der Waals surface area contributed by atoms with Crippen molar-refractivity contribution in [2.24, 2.45) is 0 Å². The molecule has 0 aliphatic carbocycles. The molecule has 0 unspecified atom stereocenters. The SMILES string of the molecule is CC(C)c1ccc(O)c(Cc2cc(C(C)C)cc(Cc3cc(C(C)C)cc(Cc4cc(C(C)C)ccc4O)c3O)c2O)c1.CC(C)c1ccc(O)c(Cc2cc(C(C)C)cc(Cc3cc(C(C)C)ccc3O)c2O)c1.CC(C)c1ccc(O)c(Cc2cc(C(C)C)ccc2O)c1. The highest BCUT2D eigenvalue weighted by Gasteiger charge is 2.22. The predicted octanol–water partition coefficient (Wildman–Crippen LogP) is 22.1. The van der Waals surface area contributed by atoms with Gasteiger partial charge in [0.05, 0.1) is 0 Å². The molecule has 0 fully saturated rings. The monoisotopic (exact) mass is 1300 g/mol. The molecule has 0 saturated heterocycles. The Morgan fingerprint density at radius 1 is 0.167 bits per heavy atom. The molecule has 0 aliphatic heterocycles. The van der Waals surface area contributed by atoms with E-state index in [1.54, 1.807) is 36.4 Å². The van der Waals surface area contributed by atoms with E-state index in [4.69, 9.17) is 0 Å². The lowest BCUT2D eigenvalue weighted by atomic mass is 9.88. The highest BCUT2D eigenvalue weighted by atomic mass is 16.3. The lowest BCUT2D eigenvalue weighted by molar-refractivity contribution is 0.453. The van der Waals surface area contributed by atoms with Gasteiger partial charge in [-0.25, -0.2) is 0 Å². The minimum Gasteiger partial charge on any atom is -0.508 e. The van der Waals surface area contributed by atoms with Gasteiger partial charge in [0.25, 0.3) is 0 Å². The highest BCUT2D eigenvalue weighted by Crippen LogP contribution is 2.41. The molecule has 9 aromatic carbocycles. The third-order valence-corrected chi connectivity index (χ3v) is 18.8. The van der Waals surface area contributed by atoms with Crippen molar-refractivity contribution in [1.29, 1.82) is 0 Å². The van der Waals surface area contributed by atoms with E-state index in [0.29, 0.717) is 80.0 Å². The number of hydrogen-bond donors (Lipinski definition) is 9. The second-order valence-corrected chi connectivity index (χ2v) is 29.3. The Hall–Kier alpha value is -8.82. The van der Waals surface area contributed by atoms with Crippen LogP contribution in [0, 0.1) is 0 Å². The largest absolute Gasteiger partial charge is 0.508 e. The molecular weight excluding hydrogens is 1190 g/mol. The molecule has 0 bridgehead atoms. The van der Waals surface area contributed by atoms with Gasteiger partial charge in [0, 0.05) is 38.5 Å². The Morgan fingerprint density at radius 2 is 0.281 bits per heavy atom. The molecule has 9 rings (SSSR count). The van der Waals surface area contributed by atoms with Gasteiger partial charge in [0.1, 0.15) is 51.7 Å². The van der Waals surface area contributed by atoms with Gasteiger partial charge in [-0.15, -0.1) is 0 Å². The minimum atomic E-state index is 0.192. The average Bonchev–Trinajstić information content (AvgIpc) is 0.828. The predicted molar refractivity (Wildman–Crippen MR) is 397 cm³/mol. The summed E-state index contributed by atoms with van der Waals surface area (Å²) >= 11 is 0. The maximum atomic E-state index is 11.6. The van der Waals surface area contributed by atoms with Crippen molar-refractivity contribution >= 4 is 0 Å². The van der Waals surface area contributed by atoms with Crippen LogP contribution in [-0.2, 0) is 38.5 Å². The van der Waals surface area contributed by atoms with Crippen LogP contribution in [0.3, 0.4) is 0 Å². The van der Waals surface area contributed by atoms with Crippen LogP contribution in [0.25, 0.3) is 0 Å². The Kier molecular flexibility index (Phi) is 25.4. The summed E-state index contributed by atoms with van der Waals surface area (Å²) in [5, 5.41) is 96.7. The quantitative estimate of drug-likeness (QED) is 0.0338. The number of benzene rings is 9. The van der Waals surface area contributed by atoms with Crippen molar-refractivity contribution in [2.75, 3.05) is 0 Å². The molecular formula is C87H108O9. The van der Waals surface area contributed by atoms with Crippen molar-refractivity contribution in [1.82, 2.24) is 0 Å². The van der Waals surface area contributed by atoms with Gasteiger partial charge < -0.3 is 46.0 Å². The molecule has 510 valence electrons. The van der Waals surface area contributed by atoms with Gasteiger partial charge in [0.15, 0.2) is 0 Å². The lowest BCUT2D eigenvalue weighted by Gasteiger charge is -2.19. The van der Waals surface area contributed by atoms with Crippen molar-refractivity contribution in [3.8, 4) is 51.7 Å². The van der Waals surface area contributed by atoms with E-state index in [1.165, 1.54) is 11.1 Å².